The minimum atomic E-state index is 0. The van der Waals surface area contributed by atoms with E-state index in [2.05, 4.69) is 63.4 Å². The Balaban J connectivity index is 0.00000289. The first-order chi connectivity index (χ1) is 15.2. The number of hydrogen-bond donors (Lipinski definition) is 1. The van der Waals surface area contributed by atoms with E-state index in [9.17, 15) is 0 Å². The van der Waals surface area contributed by atoms with E-state index >= 15 is 0 Å². The van der Waals surface area contributed by atoms with Gasteiger partial charge in [0, 0.05) is 58.6 Å². The largest absolute Gasteiger partial charge is 0.373 e. The second kappa shape index (κ2) is 11.8. The van der Waals surface area contributed by atoms with Crippen LogP contribution in [0.2, 0.25) is 0 Å². The highest BCUT2D eigenvalue weighted by Crippen LogP contribution is 2.25. The highest BCUT2D eigenvalue weighted by Gasteiger charge is 2.41. The first kappa shape index (κ1) is 24.7. The van der Waals surface area contributed by atoms with E-state index in [4.69, 9.17) is 9.73 Å². The second-order valence-electron chi connectivity index (χ2n) is 8.39. The van der Waals surface area contributed by atoms with Crippen LogP contribution >= 0.6 is 24.0 Å². The molecule has 1 aromatic heterocycles. The molecule has 0 bridgehead atoms. The molecular formula is C24H35IN6O. The molecule has 174 valence electrons. The van der Waals surface area contributed by atoms with E-state index < -0.39 is 0 Å². The van der Waals surface area contributed by atoms with Gasteiger partial charge in [0.2, 0.25) is 0 Å². The van der Waals surface area contributed by atoms with Gasteiger partial charge in [-0.25, -0.2) is 9.98 Å². The average Bonchev–Trinajstić information content (AvgIpc) is 3.23. The van der Waals surface area contributed by atoms with Crippen molar-refractivity contribution in [1.82, 2.24) is 20.1 Å². The molecule has 1 aromatic carbocycles. The van der Waals surface area contributed by atoms with E-state index in [-0.39, 0.29) is 30.1 Å². The third-order valence-electron chi connectivity index (χ3n) is 5.97. The van der Waals surface area contributed by atoms with Crippen LogP contribution in [0.5, 0.6) is 0 Å². The molecule has 1 N–H and O–H groups in total. The second-order valence-corrected chi connectivity index (χ2v) is 8.39. The molecule has 0 saturated carbocycles. The lowest BCUT2D eigenvalue weighted by Gasteiger charge is -2.36. The van der Waals surface area contributed by atoms with Crippen molar-refractivity contribution in [3.05, 3.63) is 59.8 Å². The quantitative estimate of drug-likeness (QED) is 0.339. The number of hydrogen-bond acceptors (Lipinski definition) is 5. The maximum absolute atomic E-state index is 6.16. The van der Waals surface area contributed by atoms with Gasteiger partial charge in [-0.05, 0) is 18.6 Å². The van der Waals surface area contributed by atoms with E-state index in [1.54, 1.807) is 0 Å². The molecule has 0 radical (unpaired) electrons. The molecule has 32 heavy (non-hydrogen) atoms. The molecule has 2 saturated heterocycles. The van der Waals surface area contributed by atoms with Crippen LogP contribution in [0.25, 0.3) is 0 Å². The molecule has 2 aliphatic rings. The van der Waals surface area contributed by atoms with Gasteiger partial charge < -0.3 is 19.9 Å². The lowest BCUT2D eigenvalue weighted by molar-refractivity contribution is -0.0502. The normalized spacial score (nSPS) is 21.1. The molecule has 2 aromatic rings. The molecule has 0 aliphatic carbocycles. The summed E-state index contributed by atoms with van der Waals surface area (Å²) in [6.07, 6.45) is 2.05. The maximum Gasteiger partial charge on any atom is 0.194 e. The van der Waals surface area contributed by atoms with Gasteiger partial charge in [0.05, 0.1) is 25.3 Å². The van der Waals surface area contributed by atoms with Crippen molar-refractivity contribution in [1.29, 1.82) is 0 Å². The summed E-state index contributed by atoms with van der Waals surface area (Å²) in [5.41, 5.74) is 2.48. The van der Waals surface area contributed by atoms with E-state index in [1.165, 1.54) is 5.56 Å². The number of halogens is 1. The fraction of sp³-hybridized carbons (Fsp3) is 0.500. The Kier molecular flexibility index (Phi) is 9.12. The molecule has 3 heterocycles. The number of benzene rings is 1. The number of fused-ring (bicyclic) bond motifs is 1. The fourth-order valence-corrected chi connectivity index (χ4v) is 4.49. The zero-order chi connectivity index (χ0) is 21.6. The van der Waals surface area contributed by atoms with Crippen LogP contribution in [-0.2, 0) is 17.8 Å². The Bertz CT molecular complexity index is 878. The highest BCUT2D eigenvalue weighted by atomic mass is 127. The van der Waals surface area contributed by atoms with Gasteiger partial charge in [-0.2, -0.15) is 0 Å². The Labute approximate surface area is 208 Å². The van der Waals surface area contributed by atoms with Crippen molar-refractivity contribution in [2.24, 2.45) is 4.99 Å². The SMILES string of the molecule is CCNC(=NCc1cccnc1N(C)C)N1CC2OCCN(Cc3ccccc3)C2C1.I. The molecule has 2 fully saturated rings. The number of guanidine groups is 1. The third kappa shape index (κ3) is 5.90. The molecule has 2 atom stereocenters. The number of nitrogens with zero attached hydrogens (tertiary/aromatic N) is 5. The molecule has 0 spiro atoms. The van der Waals surface area contributed by atoms with Gasteiger partial charge in [0.15, 0.2) is 5.96 Å². The van der Waals surface area contributed by atoms with Gasteiger partial charge in [-0.1, -0.05) is 36.4 Å². The number of aliphatic imine (C=N–C) groups is 1. The molecular weight excluding hydrogens is 515 g/mol. The van der Waals surface area contributed by atoms with E-state index in [0.717, 1.165) is 56.7 Å². The highest BCUT2D eigenvalue weighted by molar-refractivity contribution is 14.0. The first-order valence-electron chi connectivity index (χ1n) is 11.2. The Morgan fingerprint density at radius 1 is 1.19 bits per heavy atom. The summed E-state index contributed by atoms with van der Waals surface area (Å²) in [5.74, 6) is 1.92. The van der Waals surface area contributed by atoms with Gasteiger partial charge in [-0.3, -0.25) is 4.90 Å². The monoisotopic (exact) mass is 550 g/mol. The predicted molar refractivity (Wildman–Crippen MR) is 141 cm³/mol. The summed E-state index contributed by atoms with van der Waals surface area (Å²) >= 11 is 0. The summed E-state index contributed by atoms with van der Waals surface area (Å²) in [7, 11) is 4.04. The molecule has 0 amide bonds. The number of likely N-dealkylation sites (tertiary alicyclic amines) is 1. The van der Waals surface area contributed by atoms with Crippen molar-refractivity contribution < 1.29 is 4.74 Å². The van der Waals surface area contributed by atoms with Gasteiger partial charge in [0.25, 0.3) is 0 Å². The number of nitrogens with one attached hydrogen (secondary N) is 1. The average molecular weight is 550 g/mol. The van der Waals surface area contributed by atoms with E-state index in [0.29, 0.717) is 12.6 Å². The molecule has 7 nitrogen and oxygen atoms in total. The zero-order valence-corrected chi connectivity index (χ0v) is 21.6. The number of ether oxygens (including phenoxy) is 1. The summed E-state index contributed by atoms with van der Waals surface area (Å²) in [6.45, 7) is 8.08. The molecule has 2 aliphatic heterocycles. The number of aromatic nitrogens is 1. The van der Waals surface area contributed by atoms with Crippen molar-refractivity contribution in [2.45, 2.75) is 32.2 Å². The van der Waals surface area contributed by atoms with Crippen LogP contribution in [0.4, 0.5) is 5.82 Å². The first-order valence-corrected chi connectivity index (χ1v) is 11.2. The lowest BCUT2D eigenvalue weighted by atomic mass is 10.1. The minimum Gasteiger partial charge on any atom is -0.373 e. The number of morpholine rings is 1. The van der Waals surface area contributed by atoms with Crippen molar-refractivity contribution in [3.8, 4) is 0 Å². The van der Waals surface area contributed by atoms with Crippen LogP contribution in [0.15, 0.2) is 53.7 Å². The topological polar surface area (TPSA) is 56.2 Å². The van der Waals surface area contributed by atoms with Crippen molar-refractivity contribution in [2.75, 3.05) is 51.8 Å². The van der Waals surface area contributed by atoms with Crippen LogP contribution in [0.3, 0.4) is 0 Å². The molecule has 2 unspecified atom stereocenters. The maximum atomic E-state index is 6.16. The fourth-order valence-electron chi connectivity index (χ4n) is 4.49. The van der Waals surface area contributed by atoms with Crippen LogP contribution in [0.1, 0.15) is 18.1 Å². The van der Waals surface area contributed by atoms with E-state index in [1.807, 2.05) is 31.3 Å². The standard InChI is InChI=1S/C24H34N6O.HI/c1-4-25-24(27-15-20-11-8-12-26-23(20)28(2)3)30-17-21-22(18-30)31-14-13-29(21)16-19-9-6-5-7-10-19;/h5-12,21-22H,4,13-18H2,1-3H3,(H,25,27);1H. The predicted octanol–water partition coefficient (Wildman–Crippen LogP) is 2.82. The third-order valence-corrected chi connectivity index (χ3v) is 5.97. The lowest BCUT2D eigenvalue weighted by Crippen LogP contribution is -2.50. The summed E-state index contributed by atoms with van der Waals surface area (Å²) in [6, 6.07) is 15.2. The summed E-state index contributed by atoms with van der Waals surface area (Å²) in [5, 5.41) is 3.49. The van der Waals surface area contributed by atoms with Crippen LogP contribution < -0.4 is 10.2 Å². The summed E-state index contributed by atoms with van der Waals surface area (Å²) in [4.78, 5) is 16.4. The van der Waals surface area contributed by atoms with Gasteiger partial charge in [-0.15, -0.1) is 24.0 Å². The van der Waals surface area contributed by atoms with Crippen LogP contribution in [-0.4, -0.2) is 79.8 Å². The van der Waals surface area contributed by atoms with Crippen molar-refractivity contribution >= 4 is 35.8 Å². The van der Waals surface area contributed by atoms with Crippen LogP contribution in [0, 0.1) is 0 Å². The Morgan fingerprint density at radius 3 is 2.75 bits per heavy atom. The van der Waals surface area contributed by atoms with Crippen molar-refractivity contribution in [3.63, 3.8) is 0 Å². The minimum absolute atomic E-state index is 0. The number of pyridine rings is 1. The molecule has 8 heteroatoms. The number of anilines is 1. The Morgan fingerprint density at radius 2 is 2.00 bits per heavy atom. The summed E-state index contributed by atoms with van der Waals surface area (Å²) < 4.78 is 6.16. The molecule has 4 rings (SSSR count). The number of rotatable bonds is 6. The Hall–Kier alpha value is -1.91. The van der Waals surface area contributed by atoms with Gasteiger partial charge in [0.1, 0.15) is 5.82 Å². The zero-order valence-electron chi connectivity index (χ0n) is 19.3. The van der Waals surface area contributed by atoms with Gasteiger partial charge >= 0.3 is 0 Å². The smallest absolute Gasteiger partial charge is 0.194 e.